The number of pyridine rings is 1. The normalized spacial score (nSPS) is 10.1. The number of aryl methyl sites for hydroxylation is 1. The van der Waals surface area contributed by atoms with Crippen LogP contribution in [0.25, 0.3) is 0 Å². The fourth-order valence-electron chi connectivity index (χ4n) is 1.53. The van der Waals surface area contributed by atoms with E-state index in [9.17, 15) is 4.79 Å². The molecule has 0 aliphatic heterocycles. The first kappa shape index (κ1) is 12.1. The van der Waals surface area contributed by atoms with Crippen molar-refractivity contribution in [1.29, 1.82) is 0 Å². The minimum absolute atomic E-state index is 0.217. The number of nitrogens with one attached hydrogen (secondary N) is 3. The van der Waals surface area contributed by atoms with Gasteiger partial charge in [-0.05, 0) is 13.0 Å². The Balaban J connectivity index is 2.06. The quantitative estimate of drug-likeness (QED) is 0.459. The Morgan fingerprint density at radius 2 is 2.33 bits per heavy atom. The molecule has 2 rings (SSSR count). The standard InChI is InChI=1S/C11H14N6O/c1-7-8(5-15-17-7)4-14-11(18)9-2-3-13-6-10(9)16-12/h2-3,5-6,16H,4,12H2,1H3,(H,14,18)(H,15,17). The molecular formula is C11H14N6O. The van der Waals surface area contributed by atoms with Crippen molar-refractivity contribution >= 4 is 11.6 Å². The number of carbonyl (C=O) groups is 1. The lowest BCUT2D eigenvalue weighted by Gasteiger charge is -2.08. The fraction of sp³-hybridized carbons (Fsp3) is 0.182. The molecule has 0 bridgehead atoms. The maximum absolute atomic E-state index is 12.0. The highest BCUT2D eigenvalue weighted by Gasteiger charge is 2.11. The van der Waals surface area contributed by atoms with Crippen LogP contribution in [0.5, 0.6) is 0 Å². The van der Waals surface area contributed by atoms with Crippen LogP contribution in [0.4, 0.5) is 5.69 Å². The number of aromatic nitrogens is 3. The topological polar surface area (TPSA) is 109 Å². The van der Waals surface area contributed by atoms with Crippen molar-refractivity contribution in [3.8, 4) is 0 Å². The molecule has 0 saturated carbocycles. The molecule has 18 heavy (non-hydrogen) atoms. The Morgan fingerprint density at radius 1 is 1.50 bits per heavy atom. The highest BCUT2D eigenvalue weighted by molar-refractivity contribution is 5.99. The van der Waals surface area contributed by atoms with E-state index in [0.717, 1.165) is 11.3 Å². The highest BCUT2D eigenvalue weighted by Crippen LogP contribution is 2.11. The molecule has 0 unspecified atom stereocenters. The van der Waals surface area contributed by atoms with Crippen molar-refractivity contribution in [1.82, 2.24) is 20.5 Å². The van der Waals surface area contributed by atoms with Gasteiger partial charge in [0.05, 0.1) is 23.6 Å². The Hall–Kier alpha value is -2.41. The highest BCUT2D eigenvalue weighted by atomic mass is 16.1. The molecule has 0 radical (unpaired) electrons. The van der Waals surface area contributed by atoms with E-state index in [1.165, 1.54) is 6.20 Å². The lowest BCUT2D eigenvalue weighted by atomic mass is 10.2. The van der Waals surface area contributed by atoms with Gasteiger partial charge < -0.3 is 10.7 Å². The first-order valence-electron chi connectivity index (χ1n) is 5.40. The zero-order valence-corrected chi connectivity index (χ0v) is 9.90. The van der Waals surface area contributed by atoms with Crippen molar-refractivity contribution in [2.75, 3.05) is 5.43 Å². The van der Waals surface area contributed by atoms with Gasteiger partial charge in [-0.25, -0.2) is 0 Å². The van der Waals surface area contributed by atoms with Gasteiger partial charge in [-0.1, -0.05) is 0 Å². The van der Waals surface area contributed by atoms with E-state index >= 15 is 0 Å². The summed E-state index contributed by atoms with van der Waals surface area (Å²) in [5.41, 5.74) is 5.25. The van der Waals surface area contributed by atoms with E-state index in [0.29, 0.717) is 17.8 Å². The minimum Gasteiger partial charge on any atom is -0.348 e. The molecule has 0 aromatic carbocycles. The van der Waals surface area contributed by atoms with Gasteiger partial charge >= 0.3 is 0 Å². The molecule has 2 aromatic heterocycles. The van der Waals surface area contributed by atoms with Gasteiger partial charge in [-0.3, -0.25) is 20.7 Å². The number of nitrogens with two attached hydrogens (primary N) is 1. The molecule has 5 N–H and O–H groups in total. The van der Waals surface area contributed by atoms with E-state index in [1.54, 1.807) is 18.5 Å². The maximum Gasteiger partial charge on any atom is 0.253 e. The van der Waals surface area contributed by atoms with Crippen molar-refractivity contribution < 1.29 is 4.79 Å². The summed E-state index contributed by atoms with van der Waals surface area (Å²) in [7, 11) is 0. The average molecular weight is 246 g/mol. The number of rotatable bonds is 4. The number of nitrogens with zero attached hydrogens (tertiary/aromatic N) is 2. The summed E-state index contributed by atoms with van der Waals surface area (Å²) >= 11 is 0. The van der Waals surface area contributed by atoms with Crippen LogP contribution in [0.2, 0.25) is 0 Å². The molecule has 0 fully saturated rings. The van der Waals surface area contributed by atoms with Gasteiger partial charge in [0, 0.05) is 24.0 Å². The molecule has 2 heterocycles. The summed E-state index contributed by atoms with van der Waals surface area (Å²) in [4.78, 5) is 15.9. The summed E-state index contributed by atoms with van der Waals surface area (Å²) in [5, 5.41) is 9.49. The van der Waals surface area contributed by atoms with E-state index in [-0.39, 0.29) is 5.91 Å². The summed E-state index contributed by atoms with van der Waals surface area (Å²) in [6, 6.07) is 1.60. The van der Waals surface area contributed by atoms with Crippen LogP contribution >= 0.6 is 0 Å². The molecule has 2 aromatic rings. The van der Waals surface area contributed by atoms with Crippen LogP contribution in [-0.4, -0.2) is 21.1 Å². The molecule has 0 aliphatic carbocycles. The van der Waals surface area contributed by atoms with Crippen LogP contribution < -0.4 is 16.6 Å². The number of aromatic amines is 1. The van der Waals surface area contributed by atoms with Crippen LogP contribution in [0.1, 0.15) is 21.6 Å². The molecule has 1 amide bonds. The fourth-order valence-corrected chi connectivity index (χ4v) is 1.53. The number of hydrogen-bond donors (Lipinski definition) is 4. The van der Waals surface area contributed by atoms with E-state index in [2.05, 4.69) is 25.9 Å². The van der Waals surface area contributed by atoms with Gasteiger partial charge in [0.25, 0.3) is 5.91 Å². The minimum atomic E-state index is -0.217. The summed E-state index contributed by atoms with van der Waals surface area (Å²) in [5.74, 6) is 5.10. The summed E-state index contributed by atoms with van der Waals surface area (Å²) < 4.78 is 0. The first-order chi connectivity index (χ1) is 8.72. The molecule has 7 nitrogen and oxygen atoms in total. The molecule has 0 aliphatic rings. The number of nitrogen functional groups attached to an aromatic ring is 1. The number of hydrazine groups is 1. The van der Waals surface area contributed by atoms with Crippen LogP contribution in [0.3, 0.4) is 0 Å². The molecule has 0 atom stereocenters. The van der Waals surface area contributed by atoms with Gasteiger partial charge in [0.2, 0.25) is 0 Å². The summed E-state index contributed by atoms with van der Waals surface area (Å²) in [6.07, 6.45) is 4.72. The molecule has 94 valence electrons. The third kappa shape index (κ3) is 2.46. The van der Waals surface area contributed by atoms with Crippen molar-refractivity contribution in [3.05, 3.63) is 41.5 Å². The lowest BCUT2D eigenvalue weighted by Crippen LogP contribution is -2.25. The average Bonchev–Trinajstić information content (AvgIpc) is 2.81. The summed E-state index contributed by atoms with van der Waals surface area (Å²) in [6.45, 7) is 2.31. The third-order valence-electron chi connectivity index (χ3n) is 2.59. The van der Waals surface area contributed by atoms with Crippen molar-refractivity contribution in [3.63, 3.8) is 0 Å². The maximum atomic E-state index is 12.0. The number of H-pyrrole nitrogens is 1. The SMILES string of the molecule is Cc1[nH]ncc1CNC(=O)c1ccncc1NN. The van der Waals surface area contributed by atoms with Crippen molar-refractivity contribution in [2.24, 2.45) is 5.84 Å². The zero-order chi connectivity index (χ0) is 13.0. The Labute approximate surface area is 104 Å². The second-order valence-electron chi connectivity index (χ2n) is 3.77. The van der Waals surface area contributed by atoms with E-state index in [4.69, 9.17) is 5.84 Å². The monoisotopic (exact) mass is 246 g/mol. The van der Waals surface area contributed by atoms with E-state index < -0.39 is 0 Å². The molecule has 0 saturated heterocycles. The smallest absolute Gasteiger partial charge is 0.253 e. The van der Waals surface area contributed by atoms with Crippen LogP contribution in [-0.2, 0) is 6.54 Å². The third-order valence-corrected chi connectivity index (χ3v) is 2.59. The largest absolute Gasteiger partial charge is 0.348 e. The molecule has 7 heteroatoms. The predicted octanol–water partition coefficient (Wildman–Crippen LogP) is 0.329. The number of hydrogen-bond acceptors (Lipinski definition) is 5. The zero-order valence-electron chi connectivity index (χ0n) is 9.90. The number of carbonyl (C=O) groups excluding carboxylic acids is 1. The molecule has 0 spiro atoms. The number of amides is 1. The van der Waals surface area contributed by atoms with Gasteiger partial charge in [0.1, 0.15) is 0 Å². The van der Waals surface area contributed by atoms with Crippen LogP contribution in [0, 0.1) is 6.92 Å². The van der Waals surface area contributed by atoms with E-state index in [1.807, 2.05) is 6.92 Å². The van der Waals surface area contributed by atoms with Gasteiger partial charge in [0.15, 0.2) is 0 Å². The van der Waals surface area contributed by atoms with Gasteiger partial charge in [-0.2, -0.15) is 5.10 Å². The van der Waals surface area contributed by atoms with Crippen LogP contribution in [0.15, 0.2) is 24.7 Å². The Kier molecular flexibility index (Phi) is 3.54. The van der Waals surface area contributed by atoms with Gasteiger partial charge in [-0.15, -0.1) is 0 Å². The first-order valence-corrected chi connectivity index (χ1v) is 5.40. The Morgan fingerprint density at radius 3 is 3.00 bits per heavy atom. The predicted molar refractivity (Wildman–Crippen MR) is 66.5 cm³/mol. The number of anilines is 1. The Bertz CT molecular complexity index is 550. The second-order valence-corrected chi connectivity index (χ2v) is 3.77. The van der Waals surface area contributed by atoms with Crippen molar-refractivity contribution in [2.45, 2.75) is 13.5 Å². The second kappa shape index (κ2) is 5.28. The molecular weight excluding hydrogens is 232 g/mol. The lowest BCUT2D eigenvalue weighted by molar-refractivity contribution is 0.0951.